The summed E-state index contributed by atoms with van der Waals surface area (Å²) >= 11 is 0. The summed E-state index contributed by atoms with van der Waals surface area (Å²) in [4.78, 5) is 14.6. The van der Waals surface area contributed by atoms with E-state index in [-0.39, 0.29) is 17.6 Å². The standard InChI is InChI=1S/C16H23FN2O/c1-12(2)15(13-6-3-4-7-14(13)17)16(20)19-10-5-8-18-9-11-19/h3-4,6-7,12,15,18H,5,8-11H2,1-2H3. The molecule has 0 spiro atoms. The number of rotatable bonds is 3. The van der Waals surface area contributed by atoms with Crippen molar-refractivity contribution < 1.29 is 9.18 Å². The van der Waals surface area contributed by atoms with E-state index in [1.807, 2.05) is 18.7 Å². The molecule has 0 bridgehead atoms. The number of carbonyl (C=O) groups is 1. The Labute approximate surface area is 120 Å². The first-order valence-corrected chi connectivity index (χ1v) is 7.35. The fraction of sp³-hybridized carbons (Fsp3) is 0.562. The maximum Gasteiger partial charge on any atom is 0.230 e. The van der Waals surface area contributed by atoms with Crippen LogP contribution >= 0.6 is 0 Å². The van der Waals surface area contributed by atoms with E-state index in [1.54, 1.807) is 18.2 Å². The summed E-state index contributed by atoms with van der Waals surface area (Å²) < 4.78 is 14.0. The zero-order chi connectivity index (χ0) is 14.5. The quantitative estimate of drug-likeness (QED) is 0.920. The molecule has 1 aromatic carbocycles. The fourth-order valence-corrected chi connectivity index (χ4v) is 2.77. The monoisotopic (exact) mass is 278 g/mol. The summed E-state index contributed by atoms with van der Waals surface area (Å²) in [5.41, 5.74) is 0.518. The van der Waals surface area contributed by atoms with E-state index < -0.39 is 5.92 Å². The van der Waals surface area contributed by atoms with Crippen LogP contribution in [-0.4, -0.2) is 37.0 Å². The Morgan fingerprint density at radius 2 is 2.00 bits per heavy atom. The Balaban J connectivity index is 2.24. The van der Waals surface area contributed by atoms with E-state index in [1.165, 1.54) is 6.07 Å². The van der Waals surface area contributed by atoms with Gasteiger partial charge in [-0.05, 0) is 24.9 Å². The van der Waals surface area contributed by atoms with Crippen molar-refractivity contribution >= 4 is 5.91 Å². The van der Waals surface area contributed by atoms with Gasteiger partial charge in [0.2, 0.25) is 5.91 Å². The molecule has 1 heterocycles. The molecule has 0 radical (unpaired) electrons. The van der Waals surface area contributed by atoms with Crippen molar-refractivity contribution in [3.63, 3.8) is 0 Å². The first-order valence-electron chi connectivity index (χ1n) is 7.35. The van der Waals surface area contributed by atoms with E-state index in [0.717, 1.165) is 26.1 Å². The van der Waals surface area contributed by atoms with Crippen molar-refractivity contribution in [2.45, 2.75) is 26.2 Å². The molecule has 2 rings (SSSR count). The van der Waals surface area contributed by atoms with Gasteiger partial charge in [0.05, 0.1) is 5.92 Å². The van der Waals surface area contributed by atoms with Gasteiger partial charge in [-0.15, -0.1) is 0 Å². The van der Waals surface area contributed by atoms with Crippen LogP contribution in [0.5, 0.6) is 0 Å². The predicted molar refractivity (Wildman–Crippen MR) is 78.0 cm³/mol. The third-order valence-corrected chi connectivity index (χ3v) is 3.82. The Morgan fingerprint density at radius 1 is 1.25 bits per heavy atom. The number of carbonyl (C=O) groups excluding carboxylic acids is 1. The number of benzene rings is 1. The average molecular weight is 278 g/mol. The SMILES string of the molecule is CC(C)C(C(=O)N1CCCNCC1)c1ccccc1F. The van der Waals surface area contributed by atoms with E-state index in [0.29, 0.717) is 12.1 Å². The van der Waals surface area contributed by atoms with Gasteiger partial charge in [0.15, 0.2) is 0 Å². The van der Waals surface area contributed by atoms with Gasteiger partial charge in [-0.3, -0.25) is 4.79 Å². The molecule has 1 atom stereocenters. The number of halogens is 1. The van der Waals surface area contributed by atoms with E-state index in [9.17, 15) is 9.18 Å². The third-order valence-electron chi connectivity index (χ3n) is 3.82. The van der Waals surface area contributed by atoms with Gasteiger partial charge in [0.25, 0.3) is 0 Å². The van der Waals surface area contributed by atoms with Crippen molar-refractivity contribution in [1.82, 2.24) is 10.2 Å². The molecule has 1 fully saturated rings. The minimum atomic E-state index is -0.394. The highest BCUT2D eigenvalue weighted by Gasteiger charge is 2.30. The highest BCUT2D eigenvalue weighted by molar-refractivity contribution is 5.84. The zero-order valence-corrected chi connectivity index (χ0v) is 12.2. The van der Waals surface area contributed by atoms with Crippen LogP contribution in [0.15, 0.2) is 24.3 Å². The lowest BCUT2D eigenvalue weighted by molar-refractivity contribution is -0.133. The Bertz CT molecular complexity index is 454. The number of nitrogens with zero attached hydrogens (tertiary/aromatic N) is 1. The highest BCUT2D eigenvalue weighted by Crippen LogP contribution is 2.29. The summed E-state index contributed by atoms with van der Waals surface area (Å²) in [5, 5.41) is 3.28. The maximum absolute atomic E-state index is 14.0. The maximum atomic E-state index is 14.0. The van der Waals surface area contributed by atoms with Gasteiger partial charge in [-0.1, -0.05) is 32.0 Å². The number of hydrogen-bond donors (Lipinski definition) is 1. The molecule has 20 heavy (non-hydrogen) atoms. The summed E-state index contributed by atoms with van der Waals surface area (Å²) in [6, 6.07) is 6.62. The number of amides is 1. The lowest BCUT2D eigenvalue weighted by Gasteiger charge is -2.28. The minimum absolute atomic E-state index is 0.0498. The molecule has 1 unspecified atom stereocenters. The van der Waals surface area contributed by atoms with Crippen molar-refractivity contribution in [3.05, 3.63) is 35.6 Å². The van der Waals surface area contributed by atoms with Gasteiger partial charge in [-0.25, -0.2) is 4.39 Å². The van der Waals surface area contributed by atoms with Crippen molar-refractivity contribution in [2.24, 2.45) is 5.92 Å². The lowest BCUT2D eigenvalue weighted by atomic mass is 9.86. The zero-order valence-electron chi connectivity index (χ0n) is 12.2. The van der Waals surface area contributed by atoms with Crippen LogP contribution in [0.4, 0.5) is 4.39 Å². The predicted octanol–water partition coefficient (Wildman–Crippen LogP) is 2.39. The van der Waals surface area contributed by atoms with E-state index in [4.69, 9.17) is 0 Å². The Morgan fingerprint density at radius 3 is 2.70 bits per heavy atom. The molecular weight excluding hydrogens is 255 g/mol. The lowest BCUT2D eigenvalue weighted by Crippen LogP contribution is -2.39. The largest absolute Gasteiger partial charge is 0.341 e. The van der Waals surface area contributed by atoms with Gasteiger partial charge in [-0.2, -0.15) is 0 Å². The summed E-state index contributed by atoms with van der Waals surface area (Å²) in [7, 11) is 0. The highest BCUT2D eigenvalue weighted by atomic mass is 19.1. The van der Waals surface area contributed by atoms with Gasteiger partial charge < -0.3 is 10.2 Å². The van der Waals surface area contributed by atoms with Crippen molar-refractivity contribution in [1.29, 1.82) is 0 Å². The van der Waals surface area contributed by atoms with Crippen LogP contribution in [-0.2, 0) is 4.79 Å². The molecule has 1 amide bonds. The molecule has 1 aliphatic rings. The second-order valence-corrected chi connectivity index (χ2v) is 5.67. The van der Waals surface area contributed by atoms with Gasteiger partial charge >= 0.3 is 0 Å². The number of hydrogen-bond acceptors (Lipinski definition) is 2. The van der Waals surface area contributed by atoms with Crippen molar-refractivity contribution in [2.75, 3.05) is 26.2 Å². The fourth-order valence-electron chi connectivity index (χ4n) is 2.77. The minimum Gasteiger partial charge on any atom is -0.341 e. The smallest absolute Gasteiger partial charge is 0.230 e. The first-order chi connectivity index (χ1) is 9.61. The van der Waals surface area contributed by atoms with Crippen LogP contribution < -0.4 is 5.32 Å². The van der Waals surface area contributed by atoms with E-state index in [2.05, 4.69) is 5.32 Å². The van der Waals surface area contributed by atoms with Crippen LogP contribution in [0.1, 0.15) is 31.7 Å². The number of nitrogens with one attached hydrogen (secondary N) is 1. The third kappa shape index (κ3) is 3.37. The van der Waals surface area contributed by atoms with Gasteiger partial charge in [0, 0.05) is 25.2 Å². The van der Waals surface area contributed by atoms with E-state index >= 15 is 0 Å². The molecule has 110 valence electrons. The molecule has 1 N–H and O–H groups in total. The second-order valence-electron chi connectivity index (χ2n) is 5.67. The molecule has 0 saturated carbocycles. The second kappa shape index (κ2) is 6.84. The summed E-state index contributed by atoms with van der Waals surface area (Å²) in [5.74, 6) is -0.550. The van der Waals surface area contributed by atoms with Crippen molar-refractivity contribution in [3.8, 4) is 0 Å². The molecule has 0 aromatic heterocycles. The average Bonchev–Trinajstić information content (AvgIpc) is 2.69. The van der Waals surface area contributed by atoms with Crippen LogP contribution in [0.3, 0.4) is 0 Å². The summed E-state index contributed by atoms with van der Waals surface area (Å²) in [6.45, 7) is 7.17. The van der Waals surface area contributed by atoms with Crippen LogP contribution in [0.2, 0.25) is 0 Å². The van der Waals surface area contributed by atoms with Crippen LogP contribution in [0.25, 0.3) is 0 Å². The molecule has 1 aliphatic heterocycles. The molecule has 3 nitrogen and oxygen atoms in total. The Hall–Kier alpha value is -1.42. The van der Waals surface area contributed by atoms with Gasteiger partial charge in [0.1, 0.15) is 5.82 Å². The molecule has 1 aromatic rings. The molecular formula is C16H23FN2O. The normalized spacial score (nSPS) is 17.9. The molecule has 0 aliphatic carbocycles. The molecule has 1 saturated heterocycles. The molecule has 4 heteroatoms. The van der Waals surface area contributed by atoms with Crippen LogP contribution in [0, 0.1) is 11.7 Å². The summed E-state index contributed by atoms with van der Waals surface area (Å²) in [6.07, 6.45) is 0.952. The Kier molecular flexibility index (Phi) is 5.12. The topological polar surface area (TPSA) is 32.3 Å². The first kappa shape index (κ1) is 15.0.